The number of para-hydroxylation sites is 1. The smallest absolute Gasteiger partial charge is 0.0726 e. The molecule has 1 aromatic carbocycles. The van der Waals surface area contributed by atoms with Gasteiger partial charge in [-0.15, -0.1) is 0 Å². The van der Waals surface area contributed by atoms with Gasteiger partial charge in [0.2, 0.25) is 0 Å². The molecule has 0 saturated carbocycles. The third-order valence-corrected chi connectivity index (χ3v) is 3.33. The Labute approximate surface area is 107 Å². The molecule has 2 atom stereocenters. The van der Waals surface area contributed by atoms with Crippen molar-refractivity contribution in [1.82, 2.24) is 0 Å². The van der Waals surface area contributed by atoms with E-state index < -0.39 is 0 Å². The number of hydrogen-bond acceptors (Lipinski definition) is 3. The molecule has 0 spiro atoms. The first-order valence-electron chi connectivity index (χ1n) is 5.99. The summed E-state index contributed by atoms with van der Waals surface area (Å²) >= 11 is 6.30. The summed E-state index contributed by atoms with van der Waals surface area (Å²) in [6, 6.07) is 5.90. The van der Waals surface area contributed by atoms with Crippen LogP contribution in [0.25, 0.3) is 0 Å². The van der Waals surface area contributed by atoms with Crippen LogP contribution in [0.5, 0.6) is 0 Å². The van der Waals surface area contributed by atoms with Gasteiger partial charge in [0.05, 0.1) is 22.9 Å². The van der Waals surface area contributed by atoms with Gasteiger partial charge in [-0.25, -0.2) is 0 Å². The van der Waals surface area contributed by atoms with Gasteiger partial charge in [-0.3, -0.25) is 0 Å². The zero-order chi connectivity index (χ0) is 12.4. The molecule has 4 heteroatoms. The monoisotopic (exact) mass is 254 g/mol. The van der Waals surface area contributed by atoms with Crippen LogP contribution in [-0.4, -0.2) is 25.3 Å². The van der Waals surface area contributed by atoms with Crippen LogP contribution < -0.4 is 10.6 Å². The van der Waals surface area contributed by atoms with Gasteiger partial charge in [-0.05, 0) is 25.5 Å². The Morgan fingerprint density at radius 2 is 2.00 bits per heavy atom. The normalized spacial score (nSPS) is 25.1. The van der Waals surface area contributed by atoms with Crippen LogP contribution in [0.2, 0.25) is 5.02 Å². The molecule has 3 nitrogen and oxygen atoms in total. The summed E-state index contributed by atoms with van der Waals surface area (Å²) < 4.78 is 5.74. The lowest BCUT2D eigenvalue weighted by atomic mass is 10.1. The topological polar surface area (TPSA) is 38.5 Å². The first-order chi connectivity index (χ1) is 8.11. The maximum absolute atomic E-state index is 6.30. The van der Waals surface area contributed by atoms with Crippen LogP contribution in [0.4, 0.5) is 5.69 Å². The highest BCUT2D eigenvalue weighted by Gasteiger charge is 2.25. The van der Waals surface area contributed by atoms with E-state index in [0.717, 1.165) is 29.4 Å². The van der Waals surface area contributed by atoms with Crippen LogP contribution in [0.3, 0.4) is 0 Å². The van der Waals surface area contributed by atoms with E-state index in [1.54, 1.807) is 0 Å². The standard InChI is InChI=1S/C13H19ClN2O/c1-9-7-16(8-10(2)17-9)13-11(6-15)4-3-5-12(13)14/h3-5,9-10H,6-8,15H2,1-2H3/t9-,10+. The molecule has 0 radical (unpaired) electrons. The highest BCUT2D eigenvalue weighted by molar-refractivity contribution is 6.33. The molecule has 2 rings (SSSR count). The minimum atomic E-state index is 0.223. The molecule has 94 valence electrons. The summed E-state index contributed by atoms with van der Waals surface area (Å²) in [5, 5.41) is 0.772. The maximum atomic E-state index is 6.30. The van der Waals surface area contributed by atoms with Crippen molar-refractivity contribution in [2.75, 3.05) is 18.0 Å². The van der Waals surface area contributed by atoms with Gasteiger partial charge in [-0.1, -0.05) is 23.7 Å². The van der Waals surface area contributed by atoms with Gasteiger partial charge in [0, 0.05) is 19.6 Å². The highest BCUT2D eigenvalue weighted by atomic mass is 35.5. The molecule has 17 heavy (non-hydrogen) atoms. The molecule has 1 aliphatic heterocycles. The predicted molar refractivity (Wildman–Crippen MR) is 71.6 cm³/mol. The molecular formula is C13H19ClN2O. The van der Waals surface area contributed by atoms with E-state index in [1.165, 1.54) is 0 Å². The van der Waals surface area contributed by atoms with Crippen molar-refractivity contribution >= 4 is 17.3 Å². The minimum Gasteiger partial charge on any atom is -0.372 e. The molecule has 1 heterocycles. The van der Waals surface area contributed by atoms with Gasteiger partial charge in [-0.2, -0.15) is 0 Å². The number of benzene rings is 1. The quantitative estimate of drug-likeness (QED) is 0.881. The number of morpholine rings is 1. The molecule has 1 saturated heterocycles. The summed E-state index contributed by atoms with van der Waals surface area (Å²) in [7, 11) is 0. The van der Waals surface area contributed by atoms with E-state index >= 15 is 0 Å². The second kappa shape index (κ2) is 5.25. The first-order valence-corrected chi connectivity index (χ1v) is 6.37. The average Bonchev–Trinajstić information content (AvgIpc) is 2.27. The third kappa shape index (κ3) is 2.73. The van der Waals surface area contributed by atoms with Crippen molar-refractivity contribution in [3.05, 3.63) is 28.8 Å². The van der Waals surface area contributed by atoms with Crippen LogP contribution in [-0.2, 0) is 11.3 Å². The van der Waals surface area contributed by atoms with Crippen molar-refractivity contribution in [3.8, 4) is 0 Å². The zero-order valence-corrected chi connectivity index (χ0v) is 11.1. The third-order valence-electron chi connectivity index (χ3n) is 3.03. The fourth-order valence-corrected chi connectivity index (χ4v) is 2.75. The highest BCUT2D eigenvalue weighted by Crippen LogP contribution is 2.31. The molecule has 0 unspecified atom stereocenters. The van der Waals surface area contributed by atoms with E-state index in [9.17, 15) is 0 Å². The molecule has 0 bridgehead atoms. The van der Waals surface area contributed by atoms with Gasteiger partial charge in [0.25, 0.3) is 0 Å². The largest absolute Gasteiger partial charge is 0.372 e. The van der Waals surface area contributed by atoms with Crippen molar-refractivity contribution in [3.63, 3.8) is 0 Å². The summed E-state index contributed by atoms with van der Waals surface area (Å²) in [4.78, 5) is 2.28. The number of halogens is 1. The Morgan fingerprint density at radius 1 is 1.35 bits per heavy atom. The second-order valence-corrected chi connectivity index (χ2v) is 5.02. The number of anilines is 1. The van der Waals surface area contributed by atoms with Crippen LogP contribution in [0.1, 0.15) is 19.4 Å². The van der Waals surface area contributed by atoms with Gasteiger partial charge >= 0.3 is 0 Å². The minimum absolute atomic E-state index is 0.223. The van der Waals surface area contributed by atoms with E-state index in [1.807, 2.05) is 18.2 Å². The molecule has 0 amide bonds. The lowest BCUT2D eigenvalue weighted by molar-refractivity contribution is -0.00525. The fourth-order valence-electron chi connectivity index (χ4n) is 2.44. The molecule has 0 aliphatic carbocycles. The number of rotatable bonds is 2. The molecular weight excluding hydrogens is 236 g/mol. The lowest BCUT2D eigenvalue weighted by Crippen LogP contribution is -2.46. The first kappa shape index (κ1) is 12.7. The number of hydrogen-bond donors (Lipinski definition) is 1. The zero-order valence-electron chi connectivity index (χ0n) is 10.3. The fraction of sp³-hybridized carbons (Fsp3) is 0.538. The number of nitrogens with two attached hydrogens (primary N) is 1. The molecule has 0 aromatic heterocycles. The molecule has 1 aromatic rings. The SMILES string of the molecule is C[C@@H]1CN(c2c(Cl)cccc2CN)C[C@H](C)O1. The van der Waals surface area contributed by atoms with Crippen molar-refractivity contribution in [2.45, 2.75) is 32.6 Å². The molecule has 2 N–H and O–H groups in total. The van der Waals surface area contributed by atoms with E-state index in [0.29, 0.717) is 6.54 Å². The van der Waals surface area contributed by atoms with Gasteiger partial charge in [0.15, 0.2) is 0 Å². The van der Waals surface area contributed by atoms with Gasteiger partial charge in [0.1, 0.15) is 0 Å². The van der Waals surface area contributed by atoms with E-state index in [-0.39, 0.29) is 12.2 Å². The summed E-state index contributed by atoms with van der Waals surface area (Å²) in [5.74, 6) is 0. The predicted octanol–water partition coefficient (Wildman–Crippen LogP) is 2.41. The Balaban J connectivity index is 2.32. The van der Waals surface area contributed by atoms with Crippen LogP contribution >= 0.6 is 11.6 Å². The Kier molecular flexibility index (Phi) is 3.92. The summed E-state index contributed by atoms with van der Waals surface area (Å²) in [6.07, 6.45) is 0.446. The summed E-state index contributed by atoms with van der Waals surface area (Å²) in [5.41, 5.74) is 7.94. The van der Waals surface area contributed by atoms with Crippen LogP contribution in [0, 0.1) is 0 Å². The Hall–Kier alpha value is -0.770. The van der Waals surface area contributed by atoms with Crippen molar-refractivity contribution in [1.29, 1.82) is 0 Å². The lowest BCUT2D eigenvalue weighted by Gasteiger charge is -2.38. The Morgan fingerprint density at radius 3 is 2.59 bits per heavy atom. The van der Waals surface area contributed by atoms with Crippen molar-refractivity contribution in [2.24, 2.45) is 5.73 Å². The number of ether oxygens (including phenoxy) is 1. The average molecular weight is 255 g/mol. The van der Waals surface area contributed by atoms with E-state index in [2.05, 4.69) is 18.7 Å². The summed E-state index contributed by atoms with van der Waals surface area (Å²) in [6.45, 7) is 6.40. The maximum Gasteiger partial charge on any atom is 0.0726 e. The Bertz CT molecular complexity index is 387. The van der Waals surface area contributed by atoms with Gasteiger partial charge < -0.3 is 15.4 Å². The van der Waals surface area contributed by atoms with Crippen LogP contribution in [0.15, 0.2) is 18.2 Å². The van der Waals surface area contributed by atoms with E-state index in [4.69, 9.17) is 22.1 Å². The molecule has 1 aliphatic rings. The molecule has 1 fully saturated rings. The van der Waals surface area contributed by atoms with Crippen molar-refractivity contribution < 1.29 is 4.74 Å². The second-order valence-electron chi connectivity index (χ2n) is 4.61. The number of nitrogens with zero attached hydrogens (tertiary/aromatic N) is 1.